The van der Waals surface area contributed by atoms with Crippen LogP contribution in [0.15, 0.2) is 54.6 Å². The second-order valence-electron chi connectivity index (χ2n) is 4.00. The number of phenolic OH excluding ortho intramolecular Hbond substituents is 1. The van der Waals surface area contributed by atoms with Crippen LogP contribution in [0.2, 0.25) is 0 Å². The molecule has 0 radical (unpaired) electrons. The first-order chi connectivity index (χ1) is 8.70. The second kappa shape index (κ2) is 5.32. The highest BCUT2D eigenvalue weighted by Gasteiger charge is 2.08. The number of carbonyl (C=O) groups excluding carboxylic acids is 1. The SMILES string of the molecule is C/C=C/c1ccc(C(=O)c2ccc(O)cc2)cc1. The van der Waals surface area contributed by atoms with Gasteiger partial charge in [0, 0.05) is 11.1 Å². The summed E-state index contributed by atoms with van der Waals surface area (Å²) < 4.78 is 0. The molecule has 1 N–H and O–H groups in total. The molecule has 0 aliphatic carbocycles. The van der Waals surface area contributed by atoms with Crippen molar-refractivity contribution < 1.29 is 9.90 Å². The molecule has 0 spiro atoms. The van der Waals surface area contributed by atoms with Gasteiger partial charge in [-0.15, -0.1) is 0 Å². The summed E-state index contributed by atoms with van der Waals surface area (Å²) in [5.74, 6) is 0.122. The molecule has 0 fully saturated rings. The lowest BCUT2D eigenvalue weighted by molar-refractivity contribution is 0.103. The quantitative estimate of drug-likeness (QED) is 0.828. The summed E-state index contributed by atoms with van der Waals surface area (Å²) in [4.78, 5) is 12.1. The van der Waals surface area contributed by atoms with Gasteiger partial charge in [-0.25, -0.2) is 0 Å². The predicted octanol–water partition coefficient (Wildman–Crippen LogP) is 3.66. The van der Waals surface area contributed by atoms with Gasteiger partial charge in [-0.05, 0) is 36.8 Å². The Kier molecular flexibility index (Phi) is 3.58. The molecule has 2 heteroatoms. The van der Waals surface area contributed by atoms with Crippen molar-refractivity contribution in [2.75, 3.05) is 0 Å². The Morgan fingerprint density at radius 2 is 1.44 bits per heavy atom. The van der Waals surface area contributed by atoms with Crippen LogP contribution in [0, 0.1) is 0 Å². The van der Waals surface area contributed by atoms with Crippen molar-refractivity contribution >= 4 is 11.9 Å². The minimum atomic E-state index is -0.0398. The van der Waals surface area contributed by atoms with E-state index < -0.39 is 0 Å². The van der Waals surface area contributed by atoms with Crippen LogP contribution >= 0.6 is 0 Å². The molecule has 2 aromatic carbocycles. The predicted molar refractivity (Wildman–Crippen MR) is 72.7 cm³/mol. The fourth-order valence-corrected chi connectivity index (χ4v) is 1.72. The van der Waals surface area contributed by atoms with Gasteiger partial charge in [0.05, 0.1) is 0 Å². The first-order valence-corrected chi connectivity index (χ1v) is 5.77. The van der Waals surface area contributed by atoms with Crippen molar-refractivity contribution in [1.82, 2.24) is 0 Å². The van der Waals surface area contributed by atoms with Crippen molar-refractivity contribution in [3.63, 3.8) is 0 Å². The van der Waals surface area contributed by atoms with Crippen molar-refractivity contribution in [1.29, 1.82) is 0 Å². The number of rotatable bonds is 3. The number of phenols is 1. The van der Waals surface area contributed by atoms with Gasteiger partial charge in [0.25, 0.3) is 0 Å². The third kappa shape index (κ3) is 2.66. The number of hydrogen-bond donors (Lipinski definition) is 1. The molecule has 2 rings (SSSR count). The van der Waals surface area contributed by atoms with E-state index in [1.54, 1.807) is 12.1 Å². The highest BCUT2D eigenvalue weighted by atomic mass is 16.3. The van der Waals surface area contributed by atoms with Crippen molar-refractivity contribution in [2.24, 2.45) is 0 Å². The summed E-state index contributed by atoms with van der Waals surface area (Å²) in [6.07, 6.45) is 3.94. The van der Waals surface area contributed by atoms with Crippen LogP contribution in [0.5, 0.6) is 5.75 Å². The summed E-state index contributed by atoms with van der Waals surface area (Å²) in [7, 11) is 0. The third-order valence-electron chi connectivity index (χ3n) is 2.66. The monoisotopic (exact) mass is 238 g/mol. The first kappa shape index (κ1) is 12.1. The van der Waals surface area contributed by atoms with Gasteiger partial charge in [0.2, 0.25) is 0 Å². The smallest absolute Gasteiger partial charge is 0.193 e. The molecule has 0 aliphatic heterocycles. The van der Waals surface area contributed by atoms with Crippen molar-refractivity contribution in [3.8, 4) is 5.75 Å². The molecule has 0 aromatic heterocycles. The van der Waals surface area contributed by atoms with Crippen LogP contribution in [-0.2, 0) is 0 Å². The van der Waals surface area contributed by atoms with Gasteiger partial charge in [0.1, 0.15) is 5.75 Å². The average Bonchev–Trinajstić information content (AvgIpc) is 2.40. The normalized spacial score (nSPS) is 10.7. The maximum atomic E-state index is 12.1. The lowest BCUT2D eigenvalue weighted by Gasteiger charge is -2.02. The van der Waals surface area contributed by atoms with Gasteiger partial charge in [-0.1, -0.05) is 36.4 Å². The fourth-order valence-electron chi connectivity index (χ4n) is 1.72. The largest absolute Gasteiger partial charge is 0.508 e. The van der Waals surface area contributed by atoms with Gasteiger partial charge < -0.3 is 5.11 Å². The van der Waals surface area contributed by atoms with Gasteiger partial charge in [0.15, 0.2) is 5.78 Å². The van der Waals surface area contributed by atoms with Crippen molar-refractivity contribution in [2.45, 2.75) is 6.92 Å². The lowest BCUT2D eigenvalue weighted by Crippen LogP contribution is -2.00. The molecule has 90 valence electrons. The summed E-state index contributed by atoms with van der Waals surface area (Å²) >= 11 is 0. The van der Waals surface area contributed by atoms with Crippen LogP contribution in [-0.4, -0.2) is 10.9 Å². The Balaban J connectivity index is 2.26. The number of carbonyl (C=O) groups is 1. The van der Waals surface area contributed by atoms with E-state index in [0.29, 0.717) is 11.1 Å². The van der Waals surface area contributed by atoms with Crippen LogP contribution in [0.25, 0.3) is 6.08 Å². The zero-order chi connectivity index (χ0) is 13.0. The van der Waals surface area contributed by atoms with E-state index in [1.807, 2.05) is 43.3 Å². The van der Waals surface area contributed by atoms with Crippen LogP contribution in [0.4, 0.5) is 0 Å². The molecule has 0 bridgehead atoms. The molecular weight excluding hydrogens is 224 g/mol. The topological polar surface area (TPSA) is 37.3 Å². The maximum Gasteiger partial charge on any atom is 0.193 e. The second-order valence-corrected chi connectivity index (χ2v) is 4.00. The van der Waals surface area contributed by atoms with Crippen molar-refractivity contribution in [3.05, 3.63) is 71.3 Å². The number of hydrogen-bond acceptors (Lipinski definition) is 2. The molecule has 0 atom stereocenters. The van der Waals surface area contributed by atoms with E-state index in [9.17, 15) is 9.90 Å². The number of ketones is 1. The number of aromatic hydroxyl groups is 1. The van der Waals surface area contributed by atoms with E-state index >= 15 is 0 Å². The van der Waals surface area contributed by atoms with Gasteiger partial charge in [-0.2, -0.15) is 0 Å². The molecule has 2 aromatic rings. The molecule has 0 amide bonds. The number of benzene rings is 2. The molecule has 0 saturated heterocycles. The van der Waals surface area contributed by atoms with Crippen LogP contribution in [0.1, 0.15) is 28.4 Å². The summed E-state index contributed by atoms with van der Waals surface area (Å²) in [6, 6.07) is 13.7. The Morgan fingerprint density at radius 1 is 0.944 bits per heavy atom. The Bertz CT molecular complexity index is 563. The third-order valence-corrected chi connectivity index (χ3v) is 2.66. The van der Waals surface area contributed by atoms with E-state index in [4.69, 9.17) is 0 Å². The van der Waals surface area contributed by atoms with E-state index in [2.05, 4.69) is 0 Å². The molecule has 18 heavy (non-hydrogen) atoms. The Labute approximate surface area is 106 Å². The highest BCUT2D eigenvalue weighted by molar-refractivity contribution is 6.09. The van der Waals surface area contributed by atoms with Gasteiger partial charge in [-0.3, -0.25) is 4.79 Å². The molecule has 0 heterocycles. The highest BCUT2D eigenvalue weighted by Crippen LogP contribution is 2.15. The van der Waals surface area contributed by atoms with E-state index in [-0.39, 0.29) is 11.5 Å². The van der Waals surface area contributed by atoms with E-state index in [0.717, 1.165) is 5.56 Å². The standard InChI is InChI=1S/C16H14O2/c1-2-3-12-4-6-13(7-5-12)16(18)14-8-10-15(17)11-9-14/h2-11,17H,1H3/b3-2+. The minimum absolute atomic E-state index is 0.0398. The Hall–Kier alpha value is -2.35. The first-order valence-electron chi connectivity index (χ1n) is 5.77. The average molecular weight is 238 g/mol. The summed E-state index contributed by atoms with van der Waals surface area (Å²) in [5.41, 5.74) is 2.29. The zero-order valence-electron chi connectivity index (χ0n) is 10.1. The fraction of sp³-hybridized carbons (Fsp3) is 0.0625. The zero-order valence-corrected chi connectivity index (χ0v) is 10.1. The minimum Gasteiger partial charge on any atom is -0.508 e. The molecule has 0 aliphatic rings. The summed E-state index contributed by atoms with van der Waals surface area (Å²) in [6.45, 7) is 1.95. The molecular formula is C16H14O2. The molecule has 0 unspecified atom stereocenters. The van der Waals surface area contributed by atoms with Crippen LogP contribution in [0.3, 0.4) is 0 Å². The van der Waals surface area contributed by atoms with Crippen LogP contribution < -0.4 is 0 Å². The Morgan fingerprint density at radius 3 is 1.94 bits per heavy atom. The lowest BCUT2D eigenvalue weighted by atomic mass is 10.0. The summed E-state index contributed by atoms with van der Waals surface area (Å²) in [5, 5.41) is 9.19. The van der Waals surface area contributed by atoms with Gasteiger partial charge >= 0.3 is 0 Å². The number of allylic oxidation sites excluding steroid dienone is 1. The maximum absolute atomic E-state index is 12.1. The van der Waals surface area contributed by atoms with E-state index in [1.165, 1.54) is 12.1 Å². The molecule has 0 saturated carbocycles. The molecule has 2 nitrogen and oxygen atoms in total.